The molecule has 0 N–H and O–H groups in total. The molecule has 0 fully saturated rings. The van der Waals surface area contributed by atoms with Crippen molar-refractivity contribution in [3.63, 3.8) is 0 Å². The van der Waals surface area contributed by atoms with Crippen LogP contribution in [0, 0.1) is 0 Å². The highest BCUT2D eigenvalue weighted by Crippen LogP contribution is 2.44. The van der Waals surface area contributed by atoms with Crippen molar-refractivity contribution in [2.45, 2.75) is 0 Å². The standard InChI is InChI=1S/C41H28NOP/c43-44(38-25-18-29-7-1-2-9-34(29)27-38,36-21-16-30(17-22-36)35-15-14-33-11-6-26-42-41(33)28-35)37-23-19-32(20-24-37)40-13-5-10-31-8-3-4-12-39(31)40/h1-28H. The minimum Gasteiger partial charge on any atom is -0.309 e. The zero-order chi connectivity index (χ0) is 29.5. The van der Waals surface area contributed by atoms with Crippen molar-refractivity contribution >= 4 is 55.5 Å². The van der Waals surface area contributed by atoms with Crippen molar-refractivity contribution in [2.75, 3.05) is 0 Å². The van der Waals surface area contributed by atoms with E-state index in [0.717, 1.165) is 54.3 Å². The van der Waals surface area contributed by atoms with Crippen molar-refractivity contribution < 1.29 is 4.57 Å². The van der Waals surface area contributed by atoms with Gasteiger partial charge in [0.05, 0.1) is 5.52 Å². The van der Waals surface area contributed by atoms with Gasteiger partial charge in [0.15, 0.2) is 7.14 Å². The quantitative estimate of drug-likeness (QED) is 0.190. The number of hydrogen-bond donors (Lipinski definition) is 0. The largest absolute Gasteiger partial charge is 0.309 e. The molecule has 0 radical (unpaired) electrons. The minimum atomic E-state index is -3.20. The summed E-state index contributed by atoms with van der Waals surface area (Å²) in [6.45, 7) is 0. The van der Waals surface area contributed by atoms with E-state index in [0.29, 0.717) is 0 Å². The van der Waals surface area contributed by atoms with Crippen molar-refractivity contribution in [2.24, 2.45) is 0 Å². The van der Waals surface area contributed by atoms with Crippen LogP contribution < -0.4 is 15.9 Å². The molecule has 0 aliphatic rings. The van der Waals surface area contributed by atoms with Crippen LogP contribution >= 0.6 is 7.14 Å². The Hall–Kier alpha value is -5.30. The van der Waals surface area contributed by atoms with Gasteiger partial charge in [-0.05, 0) is 62.0 Å². The van der Waals surface area contributed by atoms with Crippen LogP contribution in [0.5, 0.6) is 0 Å². The average Bonchev–Trinajstić information content (AvgIpc) is 3.11. The molecule has 2 nitrogen and oxygen atoms in total. The van der Waals surface area contributed by atoms with Crippen LogP contribution in [0.25, 0.3) is 54.7 Å². The predicted molar refractivity (Wildman–Crippen MR) is 187 cm³/mol. The maximum absolute atomic E-state index is 15.5. The molecule has 0 aliphatic heterocycles. The van der Waals surface area contributed by atoms with E-state index in [1.807, 2.05) is 42.6 Å². The van der Waals surface area contributed by atoms with Gasteiger partial charge in [-0.1, -0.05) is 146 Å². The summed E-state index contributed by atoms with van der Waals surface area (Å²) in [6.07, 6.45) is 1.82. The van der Waals surface area contributed by atoms with Crippen LogP contribution in [-0.2, 0) is 4.57 Å². The SMILES string of the molecule is O=P(c1ccc(-c2ccc3cccnc3c2)cc1)(c1ccc(-c2cccc3ccccc23)cc1)c1ccc2ccccc2c1. The molecule has 1 atom stereocenters. The van der Waals surface area contributed by atoms with E-state index in [-0.39, 0.29) is 0 Å². The lowest BCUT2D eigenvalue weighted by Crippen LogP contribution is -2.25. The average molecular weight is 582 g/mol. The smallest absolute Gasteiger partial charge is 0.171 e. The van der Waals surface area contributed by atoms with Gasteiger partial charge in [0.2, 0.25) is 0 Å². The first-order chi connectivity index (χ1) is 21.7. The lowest BCUT2D eigenvalue weighted by atomic mass is 9.98. The zero-order valence-electron chi connectivity index (χ0n) is 24.0. The molecule has 8 rings (SSSR count). The number of aromatic nitrogens is 1. The molecule has 0 aliphatic carbocycles. The normalized spacial score (nSPS) is 12.8. The van der Waals surface area contributed by atoms with Gasteiger partial charge in [0, 0.05) is 27.5 Å². The third-order valence-electron chi connectivity index (χ3n) is 8.60. The van der Waals surface area contributed by atoms with E-state index in [1.165, 1.54) is 16.3 Å². The maximum Gasteiger partial charge on any atom is 0.171 e. The van der Waals surface area contributed by atoms with Gasteiger partial charge in [-0.3, -0.25) is 4.98 Å². The number of rotatable bonds is 5. The Morgan fingerprint density at radius 3 is 1.80 bits per heavy atom. The van der Waals surface area contributed by atoms with Crippen LogP contribution in [-0.4, -0.2) is 4.98 Å². The van der Waals surface area contributed by atoms with Crippen molar-refractivity contribution in [3.8, 4) is 22.3 Å². The van der Waals surface area contributed by atoms with Crippen LogP contribution in [0.3, 0.4) is 0 Å². The highest BCUT2D eigenvalue weighted by Gasteiger charge is 2.30. The topological polar surface area (TPSA) is 30.0 Å². The van der Waals surface area contributed by atoms with Gasteiger partial charge >= 0.3 is 0 Å². The number of pyridine rings is 1. The third kappa shape index (κ3) is 4.52. The van der Waals surface area contributed by atoms with E-state index < -0.39 is 7.14 Å². The highest BCUT2D eigenvalue weighted by atomic mass is 31.2. The molecule has 44 heavy (non-hydrogen) atoms. The van der Waals surface area contributed by atoms with E-state index in [4.69, 9.17) is 0 Å². The van der Waals surface area contributed by atoms with E-state index in [9.17, 15) is 0 Å². The first kappa shape index (κ1) is 26.3. The van der Waals surface area contributed by atoms with Crippen LogP contribution in [0.2, 0.25) is 0 Å². The summed E-state index contributed by atoms with van der Waals surface area (Å²) in [5.74, 6) is 0. The Morgan fingerprint density at radius 1 is 0.409 bits per heavy atom. The Morgan fingerprint density at radius 2 is 1.00 bits per heavy atom. The summed E-state index contributed by atoms with van der Waals surface area (Å²) in [6, 6.07) is 56.2. The van der Waals surface area contributed by atoms with E-state index in [1.54, 1.807) is 0 Å². The third-order valence-corrected chi connectivity index (χ3v) is 11.7. The fourth-order valence-electron chi connectivity index (χ4n) is 6.26. The molecule has 7 aromatic carbocycles. The Bertz CT molecular complexity index is 2350. The molecule has 1 aromatic heterocycles. The number of benzene rings is 7. The second-order valence-corrected chi connectivity index (χ2v) is 13.9. The van der Waals surface area contributed by atoms with Crippen molar-refractivity contribution in [1.29, 1.82) is 0 Å². The van der Waals surface area contributed by atoms with Crippen molar-refractivity contribution in [3.05, 3.63) is 170 Å². The summed E-state index contributed by atoms with van der Waals surface area (Å²) < 4.78 is 15.5. The predicted octanol–water partition coefficient (Wildman–Crippen LogP) is 9.51. The molecule has 1 heterocycles. The number of fused-ring (bicyclic) bond motifs is 3. The summed E-state index contributed by atoms with van der Waals surface area (Å²) in [5, 5.41) is 8.20. The van der Waals surface area contributed by atoms with E-state index >= 15 is 4.57 Å². The molecular formula is C41H28NOP. The molecule has 3 heteroatoms. The summed E-state index contributed by atoms with van der Waals surface area (Å²) in [4.78, 5) is 4.53. The molecule has 0 saturated carbocycles. The Kier molecular flexibility index (Phi) is 6.44. The molecule has 0 amide bonds. The lowest BCUT2D eigenvalue weighted by Gasteiger charge is -2.21. The molecule has 0 bridgehead atoms. The fourth-order valence-corrected chi connectivity index (χ4v) is 8.90. The molecular weight excluding hydrogens is 553 g/mol. The van der Waals surface area contributed by atoms with Gasteiger partial charge in [0.1, 0.15) is 0 Å². The molecule has 208 valence electrons. The number of nitrogens with zero attached hydrogens (tertiary/aromatic N) is 1. The van der Waals surface area contributed by atoms with Crippen LogP contribution in [0.15, 0.2) is 170 Å². The van der Waals surface area contributed by atoms with Crippen LogP contribution in [0.4, 0.5) is 0 Å². The minimum absolute atomic E-state index is 0.813. The second-order valence-electron chi connectivity index (χ2n) is 11.2. The van der Waals surface area contributed by atoms with Gasteiger partial charge < -0.3 is 4.57 Å². The fraction of sp³-hybridized carbons (Fsp3) is 0. The zero-order valence-corrected chi connectivity index (χ0v) is 24.9. The molecule has 8 aromatic rings. The second kappa shape index (κ2) is 10.8. The Labute approximate surface area is 256 Å². The first-order valence-electron chi connectivity index (χ1n) is 14.8. The van der Waals surface area contributed by atoms with Crippen LogP contribution in [0.1, 0.15) is 0 Å². The molecule has 0 saturated heterocycles. The Balaban J connectivity index is 1.25. The van der Waals surface area contributed by atoms with Gasteiger partial charge in [0.25, 0.3) is 0 Å². The number of hydrogen-bond acceptors (Lipinski definition) is 2. The summed E-state index contributed by atoms with van der Waals surface area (Å²) in [5.41, 5.74) is 5.39. The summed E-state index contributed by atoms with van der Waals surface area (Å²) in [7, 11) is -3.20. The molecule has 1 unspecified atom stereocenters. The van der Waals surface area contributed by atoms with Gasteiger partial charge in [-0.15, -0.1) is 0 Å². The monoisotopic (exact) mass is 581 g/mol. The van der Waals surface area contributed by atoms with Gasteiger partial charge in [-0.25, -0.2) is 0 Å². The maximum atomic E-state index is 15.5. The van der Waals surface area contributed by atoms with Crippen molar-refractivity contribution in [1.82, 2.24) is 4.98 Å². The first-order valence-corrected chi connectivity index (χ1v) is 16.5. The summed E-state index contributed by atoms with van der Waals surface area (Å²) >= 11 is 0. The van der Waals surface area contributed by atoms with E-state index in [2.05, 4.69) is 132 Å². The highest BCUT2D eigenvalue weighted by molar-refractivity contribution is 7.85. The lowest BCUT2D eigenvalue weighted by molar-refractivity contribution is 0.592. The van der Waals surface area contributed by atoms with Gasteiger partial charge in [-0.2, -0.15) is 0 Å². The molecule has 0 spiro atoms.